The third kappa shape index (κ3) is 2.39. The second-order valence-electron chi connectivity index (χ2n) is 4.43. The molecule has 0 saturated heterocycles. The standard InChI is InChI=1S/C15H14N4O/c1-2-18-9-8-14-17-13(10-19(14)11-18)15(20)16-12-6-4-3-5-7-12/h2-10H,1,11H2,(H,16,20)/q+1. The molecule has 1 radical (unpaired) electrons. The summed E-state index contributed by atoms with van der Waals surface area (Å²) in [5, 5.41) is 2.82. The number of amides is 1. The summed E-state index contributed by atoms with van der Waals surface area (Å²) in [6, 6.07) is 9.33. The number of carbonyl (C=O) groups excluding carboxylic acids is 1. The molecular formula is C15H14N4O+. The largest absolute Gasteiger partial charge is 0.320 e. The zero-order chi connectivity index (χ0) is 13.9. The van der Waals surface area contributed by atoms with Gasteiger partial charge in [0.15, 0.2) is 11.9 Å². The Morgan fingerprint density at radius 1 is 1.40 bits per heavy atom. The molecular weight excluding hydrogens is 252 g/mol. The highest BCUT2D eigenvalue weighted by molar-refractivity contribution is 6.10. The van der Waals surface area contributed by atoms with Crippen molar-refractivity contribution in [2.75, 3.05) is 12.0 Å². The zero-order valence-corrected chi connectivity index (χ0v) is 10.9. The quantitative estimate of drug-likeness (QED) is 0.850. The van der Waals surface area contributed by atoms with E-state index in [1.54, 1.807) is 12.4 Å². The number of nitrogens with one attached hydrogen (secondary N) is 1. The molecule has 0 saturated carbocycles. The molecule has 0 aromatic heterocycles. The lowest BCUT2D eigenvalue weighted by molar-refractivity contribution is -0.112. The Bertz CT molecular complexity index is 631. The summed E-state index contributed by atoms with van der Waals surface area (Å²) in [6.07, 6.45) is 7.20. The lowest BCUT2D eigenvalue weighted by atomic mass is 10.3. The average Bonchev–Trinajstić information content (AvgIpc) is 2.91. The molecule has 0 unspecified atom stereocenters. The van der Waals surface area contributed by atoms with E-state index in [-0.39, 0.29) is 5.91 Å². The van der Waals surface area contributed by atoms with Crippen LogP contribution in [0.25, 0.3) is 0 Å². The maximum absolute atomic E-state index is 12.1. The first kappa shape index (κ1) is 12.4. The molecule has 0 bridgehead atoms. The second kappa shape index (κ2) is 5.14. The predicted octanol–water partition coefficient (Wildman–Crippen LogP) is 1.95. The Morgan fingerprint density at radius 3 is 2.95 bits per heavy atom. The Kier molecular flexibility index (Phi) is 3.18. The van der Waals surface area contributed by atoms with Crippen LogP contribution in [0.2, 0.25) is 0 Å². The van der Waals surface area contributed by atoms with E-state index >= 15 is 0 Å². The van der Waals surface area contributed by atoms with Crippen molar-refractivity contribution in [1.82, 2.24) is 9.80 Å². The summed E-state index contributed by atoms with van der Waals surface area (Å²) in [7, 11) is 0. The number of hydrogen-bond acceptors (Lipinski definition) is 4. The number of anilines is 1. The van der Waals surface area contributed by atoms with Crippen molar-refractivity contribution in [2.24, 2.45) is 4.99 Å². The fourth-order valence-corrected chi connectivity index (χ4v) is 2.01. The van der Waals surface area contributed by atoms with Gasteiger partial charge in [0.05, 0.1) is 0 Å². The Hall–Kier alpha value is -2.66. The summed E-state index contributed by atoms with van der Waals surface area (Å²) in [5.41, 5.74) is 1.16. The fraction of sp³-hybridized carbons (Fsp3) is 0.0667. The highest BCUT2D eigenvalue weighted by Gasteiger charge is 2.34. The molecule has 0 atom stereocenters. The Labute approximate surface area is 117 Å². The number of aliphatic imine (C=N–C) groups is 1. The van der Waals surface area contributed by atoms with Crippen LogP contribution >= 0.6 is 0 Å². The maximum Gasteiger partial charge on any atom is 0.285 e. The van der Waals surface area contributed by atoms with E-state index in [0.29, 0.717) is 12.4 Å². The molecule has 2 heterocycles. The molecule has 2 aliphatic heterocycles. The van der Waals surface area contributed by atoms with Crippen LogP contribution in [0.3, 0.4) is 0 Å². The number of benzene rings is 1. The van der Waals surface area contributed by atoms with Crippen molar-refractivity contribution in [3.63, 3.8) is 0 Å². The van der Waals surface area contributed by atoms with Gasteiger partial charge in [-0.05, 0) is 12.1 Å². The molecule has 1 N–H and O–H groups in total. The van der Waals surface area contributed by atoms with Crippen molar-refractivity contribution in [1.29, 1.82) is 0 Å². The highest BCUT2D eigenvalue weighted by atomic mass is 16.2. The summed E-state index contributed by atoms with van der Waals surface area (Å²) in [5.74, 6) is 0.554. The number of amidine groups is 1. The first-order valence-corrected chi connectivity index (χ1v) is 6.26. The number of nitrogens with zero attached hydrogens (tertiary/aromatic N) is 3. The van der Waals surface area contributed by atoms with Crippen molar-refractivity contribution < 1.29 is 4.79 Å². The van der Waals surface area contributed by atoms with Gasteiger partial charge in [0.1, 0.15) is 0 Å². The molecule has 1 amide bonds. The molecule has 1 aromatic rings. The van der Waals surface area contributed by atoms with E-state index < -0.39 is 0 Å². The Balaban J connectivity index is 1.74. The topological polar surface area (TPSA) is 50.6 Å². The molecule has 1 aromatic carbocycles. The average molecular weight is 266 g/mol. The second-order valence-corrected chi connectivity index (χ2v) is 4.43. The van der Waals surface area contributed by atoms with Crippen molar-refractivity contribution in [3.05, 3.63) is 67.3 Å². The number of rotatable bonds is 3. The molecule has 5 heteroatoms. The summed E-state index contributed by atoms with van der Waals surface area (Å²) in [6.45, 7) is 4.33. The van der Waals surface area contributed by atoms with Gasteiger partial charge in [-0.1, -0.05) is 29.7 Å². The normalized spacial score (nSPS) is 17.3. The van der Waals surface area contributed by atoms with Gasteiger partial charge < -0.3 is 10.2 Å². The third-order valence-corrected chi connectivity index (χ3v) is 3.04. The number of fused-ring (bicyclic) bond motifs is 1. The molecule has 0 spiro atoms. The molecule has 5 nitrogen and oxygen atoms in total. The molecule has 0 fully saturated rings. The third-order valence-electron chi connectivity index (χ3n) is 3.04. The minimum atomic E-state index is -0.211. The van der Waals surface area contributed by atoms with Gasteiger partial charge in [-0.3, -0.25) is 4.79 Å². The van der Waals surface area contributed by atoms with E-state index in [1.165, 1.54) is 0 Å². The van der Waals surface area contributed by atoms with Crippen LogP contribution in [0.4, 0.5) is 5.69 Å². The van der Waals surface area contributed by atoms with Crippen LogP contribution in [0.15, 0.2) is 72.3 Å². The van der Waals surface area contributed by atoms with E-state index in [4.69, 9.17) is 0 Å². The van der Waals surface area contributed by atoms with Crippen LogP contribution in [0.5, 0.6) is 0 Å². The molecule has 3 rings (SSSR count). The Morgan fingerprint density at radius 2 is 2.20 bits per heavy atom. The van der Waals surface area contributed by atoms with Gasteiger partial charge in [-0.2, -0.15) is 4.99 Å². The fourth-order valence-electron chi connectivity index (χ4n) is 2.01. The van der Waals surface area contributed by atoms with Crippen molar-refractivity contribution in [3.8, 4) is 0 Å². The van der Waals surface area contributed by atoms with Gasteiger partial charge >= 0.3 is 0 Å². The van der Waals surface area contributed by atoms with Gasteiger partial charge in [0.25, 0.3) is 11.7 Å². The molecule has 0 aliphatic carbocycles. The maximum atomic E-state index is 12.1. The monoisotopic (exact) mass is 266 g/mol. The highest BCUT2D eigenvalue weighted by Crippen LogP contribution is 2.17. The van der Waals surface area contributed by atoms with E-state index in [2.05, 4.69) is 16.9 Å². The van der Waals surface area contributed by atoms with Crippen LogP contribution in [-0.4, -0.2) is 23.3 Å². The summed E-state index contributed by atoms with van der Waals surface area (Å²) < 4.78 is 0. The molecule has 2 aliphatic rings. The van der Waals surface area contributed by atoms with Gasteiger partial charge in [-0.25, -0.2) is 0 Å². The predicted molar refractivity (Wildman–Crippen MR) is 78.8 cm³/mol. The first-order chi connectivity index (χ1) is 9.76. The van der Waals surface area contributed by atoms with E-state index in [1.807, 2.05) is 52.4 Å². The minimum absolute atomic E-state index is 0.211. The summed E-state index contributed by atoms with van der Waals surface area (Å²) in [4.78, 5) is 20.3. The van der Waals surface area contributed by atoms with Gasteiger partial charge in [0, 0.05) is 24.2 Å². The van der Waals surface area contributed by atoms with Crippen molar-refractivity contribution in [2.45, 2.75) is 0 Å². The molecule has 20 heavy (non-hydrogen) atoms. The molecule has 99 valence electrons. The lowest BCUT2D eigenvalue weighted by Crippen LogP contribution is -2.39. The van der Waals surface area contributed by atoms with Crippen LogP contribution < -0.4 is 10.2 Å². The number of hydrogen-bond donors (Lipinski definition) is 1. The van der Waals surface area contributed by atoms with Crippen LogP contribution in [-0.2, 0) is 4.79 Å². The van der Waals surface area contributed by atoms with E-state index in [9.17, 15) is 4.79 Å². The zero-order valence-electron chi connectivity index (χ0n) is 10.9. The lowest BCUT2D eigenvalue weighted by Gasteiger charge is -2.17. The first-order valence-electron chi connectivity index (χ1n) is 6.26. The number of carbonyl (C=O) groups is 1. The van der Waals surface area contributed by atoms with Crippen LogP contribution in [0, 0.1) is 0 Å². The smallest absolute Gasteiger partial charge is 0.285 e. The van der Waals surface area contributed by atoms with Gasteiger partial charge in [-0.15, -0.1) is 0 Å². The van der Waals surface area contributed by atoms with Crippen molar-refractivity contribution >= 4 is 17.4 Å². The SMILES string of the molecule is C=CN1C=CC2=NC(C(=O)Nc3ccccc3)=C[N+]2C1. The van der Waals surface area contributed by atoms with E-state index in [0.717, 1.165) is 11.5 Å². The minimum Gasteiger partial charge on any atom is -0.320 e. The van der Waals surface area contributed by atoms with Crippen LogP contribution in [0.1, 0.15) is 0 Å². The number of para-hydroxylation sites is 1. The van der Waals surface area contributed by atoms with Gasteiger partial charge in [0.2, 0.25) is 6.67 Å². The summed E-state index contributed by atoms with van der Waals surface area (Å²) >= 11 is 0.